The lowest BCUT2D eigenvalue weighted by atomic mass is 9.78. The van der Waals surface area contributed by atoms with Crippen LogP contribution in [0.1, 0.15) is 36.5 Å². The largest absolute Gasteiger partial charge is 0.319 e. The number of hydrogen-bond donors (Lipinski definition) is 1. The van der Waals surface area contributed by atoms with Crippen molar-refractivity contribution in [2.45, 2.75) is 40.0 Å². The van der Waals surface area contributed by atoms with Crippen molar-refractivity contribution >= 4 is 0 Å². The summed E-state index contributed by atoms with van der Waals surface area (Å²) in [5.41, 5.74) is 4.76. The van der Waals surface area contributed by atoms with Gasteiger partial charge < -0.3 is 5.32 Å². The highest BCUT2D eigenvalue weighted by atomic mass is 14.8. The minimum absolute atomic E-state index is 0.441. The van der Waals surface area contributed by atoms with E-state index in [1.807, 2.05) is 0 Å². The van der Waals surface area contributed by atoms with Gasteiger partial charge in [0.05, 0.1) is 0 Å². The smallest absolute Gasteiger partial charge is 0.000800 e. The van der Waals surface area contributed by atoms with Gasteiger partial charge >= 0.3 is 0 Å². The Morgan fingerprint density at radius 2 is 1.94 bits per heavy atom. The molecule has 94 valence electrons. The van der Waals surface area contributed by atoms with Crippen LogP contribution in [0.2, 0.25) is 0 Å². The van der Waals surface area contributed by atoms with Crippen molar-refractivity contribution < 1.29 is 0 Å². The van der Waals surface area contributed by atoms with E-state index in [1.54, 1.807) is 0 Å². The molecule has 1 aliphatic carbocycles. The molecule has 0 bridgehead atoms. The van der Waals surface area contributed by atoms with Gasteiger partial charge in [-0.2, -0.15) is 0 Å². The van der Waals surface area contributed by atoms with Crippen LogP contribution in [0.15, 0.2) is 18.2 Å². The second-order valence-corrected chi connectivity index (χ2v) is 6.05. The predicted molar refractivity (Wildman–Crippen MR) is 74.4 cm³/mol. The molecular formula is C16H25N. The lowest BCUT2D eigenvalue weighted by Crippen LogP contribution is -2.33. The monoisotopic (exact) mass is 231 g/mol. The molecule has 1 aromatic rings. The van der Waals surface area contributed by atoms with E-state index in [0.717, 1.165) is 12.5 Å². The van der Waals surface area contributed by atoms with Crippen LogP contribution in [0.5, 0.6) is 0 Å². The van der Waals surface area contributed by atoms with Gasteiger partial charge in [0.25, 0.3) is 0 Å². The van der Waals surface area contributed by atoms with Gasteiger partial charge in [0, 0.05) is 6.54 Å². The first-order valence-corrected chi connectivity index (χ1v) is 6.76. The van der Waals surface area contributed by atoms with Gasteiger partial charge in [0.2, 0.25) is 0 Å². The Bertz CT molecular complexity index is 393. The molecule has 1 unspecified atom stereocenters. The number of hydrogen-bond acceptors (Lipinski definition) is 1. The van der Waals surface area contributed by atoms with Crippen molar-refractivity contribution in [3.63, 3.8) is 0 Å². The summed E-state index contributed by atoms with van der Waals surface area (Å²) in [5.74, 6) is 0.927. The summed E-state index contributed by atoms with van der Waals surface area (Å²) >= 11 is 0. The van der Waals surface area contributed by atoms with Crippen LogP contribution in [0.4, 0.5) is 0 Å². The lowest BCUT2D eigenvalue weighted by Gasteiger charge is -2.30. The van der Waals surface area contributed by atoms with Gasteiger partial charge in [-0.25, -0.2) is 0 Å². The Morgan fingerprint density at radius 3 is 2.47 bits per heavy atom. The van der Waals surface area contributed by atoms with E-state index in [9.17, 15) is 0 Å². The molecule has 17 heavy (non-hydrogen) atoms. The first kappa shape index (κ1) is 12.6. The fourth-order valence-electron chi connectivity index (χ4n) is 2.92. The molecule has 0 aliphatic heterocycles. The summed E-state index contributed by atoms with van der Waals surface area (Å²) in [6, 6.07) is 6.93. The topological polar surface area (TPSA) is 12.0 Å². The molecule has 1 heteroatoms. The van der Waals surface area contributed by atoms with E-state index >= 15 is 0 Å². The SMILES string of the molecule is CNCC(C)(Cc1ccc(C)c(C)c1)C1CC1. The average molecular weight is 231 g/mol. The van der Waals surface area contributed by atoms with Crippen molar-refractivity contribution in [2.24, 2.45) is 11.3 Å². The van der Waals surface area contributed by atoms with Gasteiger partial charge in [0.15, 0.2) is 0 Å². The minimum atomic E-state index is 0.441. The van der Waals surface area contributed by atoms with Crippen molar-refractivity contribution in [1.82, 2.24) is 5.32 Å². The van der Waals surface area contributed by atoms with Crippen molar-refractivity contribution in [2.75, 3.05) is 13.6 Å². The number of aryl methyl sites for hydroxylation is 2. The first-order valence-electron chi connectivity index (χ1n) is 6.76. The zero-order chi connectivity index (χ0) is 12.5. The third-order valence-corrected chi connectivity index (χ3v) is 4.32. The summed E-state index contributed by atoms with van der Waals surface area (Å²) in [6.45, 7) is 7.97. The molecule has 0 radical (unpaired) electrons. The molecular weight excluding hydrogens is 206 g/mol. The van der Waals surface area contributed by atoms with Crippen LogP contribution in [0.3, 0.4) is 0 Å². The van der Waals surface area contributed by atoms with Gasteiger partial charge in [-0.1, -0.05) is 25.1 Å². The molecule has 0 aromatic heterocycles. The number of benzene rings is 1. The van der Waals surface area contributed by atoms with Crippen LogP contribution in [0, 0.1) is 25.2 Å². The normalized spacial score (nSPS) is 19.1. The third kappa shape index (κ3) is 2.90. The molecule has 0 saturated heterocycles. The average Bonchev–Trinajstić information content (AvgIpc) is 3.07. The maximum Gasteiger partial charge on any atom is 0.000800 e. The van der Waals surface area contributed by atoms with Crippen LogP contribution in [-0.2, 0) is 6.42 Å². The molecule has 2 rings (SSSR count). The van der Waals surface area contributed by atoms with Crippen LogP contribution in [0.25, 0.3) is 0 Å². The maximum absolute atomic E-state index is 3.38. The summed E-state index contributed by atoms with van der Waals surface area (Å²) in [6.07, 6.45) is 4.05. The summed E-state index contributed by atoms with van der Waals surface area (Å²) < 4.78 is 0. The van der Waals surface area contributed by atoms with Crippen molar-refractivity contribution in [1.29, 1.82) is 0 Å². The molecule has 0 amide bonds. The molecule has 0 spiro atoms. The molecule has 1 aromatic carbocycles. The van der Waals surface area contributed by atoms with Gasteiger partial charge in [-0.05, 0) is 68.2 Å². The maximum atomic E-state index is 3.38. The zero-order valence-corrected chi connectivity index (χ0v) is 11.6. The Hall–Kier alpha value is -0.820. The molecule has 1 atom stereocenters. The van der Waals surface area contributed by atoms with Gasteiger partial charge in [0.1, 0.15) is 0 Å². The minimum Gasteiger partial charge on any atom is -0.319 e. The van der Waals surface area contributed by atoms with E-state index < -0.39 is 0 Å². The van der Waals surface area contributed by atoms with E-state index in [0.29, 0.717) is 5.41 Å². The van der Waals surface area contributed by atoms with Gasteiger partial charge in [-0.3, -0.25) is 0 Å². The molecule has 0 heterocycles. The van der Waals surface area contributed by atoms with Crippen LogP contribution >= 0.6 is 0 Å². The first-order chi connectivity index (χ1) is 8.05. The molecule has 1 fully saturated rings. The van der Waals surface area contributed by atoms with Gasteiger partial charge in [-0.15, -0.1) is 0 Å². The molecule has 1 aliphatic rings. The Morgan fingerprint density at radius 1 is 1.24 bits per heavy atom. The highest BCUT2D eigenvalue weighted by Gasteiger charge is 2.40. The van der Waals surface area contributed by atoms with E-state index in [-0.39, 0.29) is 0 Å². The second kappa shape index (κ2) is 4.81. The standard InChI is InChI=1S/C16H25N/c1-12-5-6-14(9-13(12)2)10-16(3,11-17-4)15-7-8-15/h5-6,9,15,17H,7-8,10-11H2,1-4H3. The predicted octanol–water partition coefficient (Wildman–Crippen LogP) is 3.48. The summed E-state index contributed by atoms with van der Waals surface area (Å²) in [7, 11) is 2.07. The number of nitrogens with one attached hydrogen (secondary N) is 1. The lowest BCUT2D eigenvalue weighted by molar-refractivity contribution is 0.263. The summed E-state index contributed by atoms with van der Waals surface area (Å²) in [5, 5.41) is 3.38. The third-order valence-electron chi connectivity index (χ3n) is 4.32. The van der Waals surface area contributed by atoms with Crippen molar-refractivity contribution in [3.05, 3.63) is 34.9 Å². The Kier molecular flexibility index (Phi) is 3.58. The van der Waals surface area contributed by atoms with E-state index in [2.05, 4.69) is 51.3 Å². The van der Waals surface area contributed by atoms with Crippen LogP contribution < -0.4 is 5.32 Å². The highest BCUT2D eigenvalue weighted by Crippen LogP contribution is 2.47. The second-order valence-electron chi connectivity index (χ2n) is 6.05. The van der Waals surface area contributed by atoms with Crippen LogP contribution in [-0.4, -0.2) is 13.6 Å². The zero-order valence-electron chi connectivity index (χ0n) is 11.6. The fraction of sp³-hybridized carbons (Fsp3) is 0.625. The van der Waals surface area contributed by atoms with Crippen molar-refractivity contribution in [3.8, 4) is 0 Å². The fourth-order valence-corrected chi connectivity index (χ4v) is 2.92. The quantitative estimate of drug-likeness (QED) is 0.818. The van der Waals surface area contributed by atoms with E-state index in [4.69, 9.17) is 0 Å². The Balaban J connectivity index is 2.14. The summed E-state index contributed by atoms with van der Waals surface area (Å²) in [4.78, 5) is 0. The Labute approximate surface area is 106 Å². The molecule has 1 saturated carbocycles. The molecule has 1 nitrogen and oxygen atoms in total. The van der Waals surface area contributed by atoms with E-state index in [1.165, 1.54) is 36.0 Å². The molecule has 1 N–H and O–H groups in total. The number of rotatable bonds is 5. The highest BCUT2D eigenvalue weighted by molar-refractivity contribution is 5.30.